The average Bonchev–Trinajstić information content (AvgIpc) is 2.70. The van der Waals surface area contributed by atoms with Crippen LogP contribution in [0.1, 0.15) is 44.7 Å². The van der Waals surface area contributed by atoms with Gasteiger partial charge >= 0.3 is 0 Å². The molecule has 4 nitrogen and oxygen atoms in total. The molecule has 3 rings (SSSR count). The number of nitrogen functional groups attached to an aromatic ring is 1. The first-order chi connectivity index (χ1) is 9.91. The van der Waals surface area contributed by atoms with Crippen molar-refractivity contribution in [3.63, 3.8) is 0 Å². The Morgan fingerprint density at radius 2 is 2.24 bits per heavy atom. The number of benzene rings is 1. The molecule has 112 valence electrons. The van der Waals surface area contributed by atoms with Crippen LogP contribution in [0.25, 0.3) is 0 Å². The van der Waals surface area contributed by atoms with Crippen LogP contribution >= 0.6 is 0 Å². The van der Waals surface area contributed by atoms with Crippen molar-refractivity contribution >= 4 is 11.4 Å². The smallest absolute Gasteiger partial charge is 0.143 e. The van der Waals surface area contributed by atoms with Crippen LogP contribution in [0.4, 0.5) is 11.4 Å². The van der Waals surface area contributed by atoms with Crippen molar-refractivity contribution in [1.82, 2.24) is 0 Å². The van der Waals surface area contributed by atoms with Crippen molar-refractivity contribution in [3.8, 4) is 11.8 Å². The van der Waals surface area contributed by atoms with E-state index in [4.69, 9.17) is 10.5 Å². The Morgan fingerprint density at radius 1 is 1.48 bits per heavy atom. The van der Waals surface area contributed by atoms with E-state index in [9.17, 15) is 5.26 Å². The first-order valence-corrected chi connectivity index (χ1v) is 7.70. The zero-order valence-electron chi connectivity index (χ0n) is 13.1. The zero-order chi connectivity index (χ0) is 15.2. The second-order valence-electron chi connectivity index (χ2n) is 7.02. The molecule has 2 aliphatic rings. The number of rotatable bonds is 1. The third kappa shape index (κ3) is 2.42. The van der Waals surface area contributed by atoms with E-state index < -0.39 is 0 Å². The van der Waals surface area contributed by atoms with Gasteiger partial charge in [-0.25, -0.2) is 0 Å². The topological polar surface area (TPSA) is 62.3 Å². The molecule has 1 aromatic rings. The standard InChI is InChI=1S/C17H23N3O/c1-11-5-4-6-20(10-11)15-13(9-18)16-12(7-14(15)19)8-17(2,3)21-16/h7,11H,4-6,8,10,19H2,1-3H3/t11-/m1/s1. The molecule has 0 radical (unpaired) electrons. The zero-order valence-corrected chi connectivity index (χ0v) is 13.1. The van der Waals surface area contributed by atoms with Crippen LogP contribution in [-0.4, -0.2) is 18.7 Å². The van der Waals surface area contributed by atoms with Crippen molar-refractivity contribution in [2.75, 3.05) is 23.7 Å². The van der Waals surface area contributed by atoms with Gasteiger partial charge in [0, 0.05) is 25.1 Å². The summed E-state index contributed by atoms with van der Waals surface area (Å²) >= 11 is 0. The van der Waals surface area contributed by atoms with E-state index in [0.29, 0.717) is 17.2 Å². The minimum absolute atomic E-state index is 0.256. The number of hydrogen-bond donors (Lipinski definition) is 1. The largest absolute Gasteiger partial charge is 0.486 e. The first kappa shape index (κ1) is 14.1. The van der Waals surface area contributed by atoms with Crippen LogP contribution in [0.5, 0.6) is 5.75 Å². The second-order valence-corrected chi connectivity index (χ2v) is 7.02. The van der Waals surface area contributed by atoms with E-state index in [1.807, 2.05) is 19.9 Å². The first-order valence-electron chi connectivity index (χ1n) is 7.70. The fraction of sp³-hybridized carbons (Fsp3) is 0.588. The van der Waals surface area contributed by atoms with Crippen molar-refractivity contribution in [2.45, 2.75) is 45.6 Å². The number of ether oxygens (including phenoxy) is 1. The van der Waals surface area contributed by atoms with Crippen molar-refractivity contribution < 1.29 is 4.74 Å². The molecule has 1 saturated heterocycles. The molecule has 0 aromatic heterocycles. The van der Waals surface area contributed by atoms with Crippen LogP contribution in [-0.2, 0) is 6.42 Å². The predicted molar refractivity (Wildman–Crippen MR) is 84.6 cm³/mol. The summed E-state index contributed by atoms with van der Waals surface area (Å²) in [4.78, 5) is 2.26. The molecule has 0 unspecified atom stereocenters. The highest BCUT2D eigenvalue weighted by atomic mass is 16.5. The summed E-state index contributed by atoms with van der Waals surface area (Å²) in [6.07, 6.45) is 3.19. The number of nitrogens with two attached hydrogens (primary N) is 1. The Balaban J connectivity index is 2.08. The van der Waals surface area contributed by atoms with E-state index in [1.54, 1.807) is 0 Å². The van der Waals surface area contributed by atoms with E-state index in [-0.39, 0.29) is 5.60 Å². The van der Waals surface area contributed by atoms with Gasteiger partial charge in [0.15, 0.2) is 0 Å². The molecule has 21 heavy (non-hydrogen) atoms. The molecule has 0 bridgehead atoms. The Bertz CT molecular complexity index is 615. The van der Waals surface area contributed by atoms with Gasteiger partial charge in [0.05, 0.1) is 11.4 Å². The molecule has 0 amide bonds. The van der Waals surface area contributed by atoms with Gasteiger partial charge in [-0.3, -0.25) is 0 Å². The van der Waals surface area contributed by atoms with Crippen molar-refractivity contribution in [1.29, 1.82) is 5.26 Å². The fourth-order valence-electron chi connectivity index (χ4n) is 3.59. The van der Waals surface area contributed by atoms with Crippen LogP contribution in [0.15, 0.2) is 6.07 Å². The number of nitriles is 1. The van der Waals surface area contributed by atoms with Gasteiger partial charge in [-0.05, 0) is 38.7 Å². The molecular weight excluding hydrogens is 262 g/mol. The highest BCUT2D eigenvalue weighted by Crippen LogP contribution is 2.45. The van der Waals surface area contributed by atoms with E-state index in [0.717, 1.165) is 42.9 Å². The minimum atomic E-state index is -0.256. The molecule has 4 heteroatoms. The van der Waals surface area contributed by atoms with Crippen LogP contribution < -0.4 is 15.4 Å². The third-order valence-corrected chi connectivity index (χ3v) is 4.44. The molecule has 2 N–H and O–H groups in total. The van der Waals surface area contributed by atoms with Gasteiger partial charge in [0.2, 0.25) is 0 Å². The summed E-state index contributed by atoms with van der Waals surface area (Å²) < 4.78 is 6.02. The minimum Gasteiger partial charge on any atom is -0.486 e. The van der Waals surface area contributed by atoms with Crippen molar-refractivity contribution in [2.24, 2.45) is 5.92 Å². The van der Waals surface area contributed by atoms with Gasteiger partial charge < -0.3 is 15.4 Å². The van der Waals surface area contributed by atoms with Gasteiger partial charge in [-0.2, -0.15) is 5.26 Å². The van der Waals surface area contributed by atoms with E-state index >= 15 is 0 Å². The van der Waals surface area contributed by atoms with Gasteiger partial charge in [-0.15, -0.1) is 0 Å². The molecule has 1 aromatic carbocycles. The molecule has 2 heterocycles. The summed E-state index contributed by atoms with van der Waals surface area (Å²) in [5.41, 5.74) is 9.29. The quantitative estimate of drug-likeness (QED) is 0.805. The van der Waals surface area contributed by atoms with Gasteiger partial charge in [0.1, 0.15) is 23.0 Å². The maximum Gasteiger partial charge on any atom is 0.143 e. The number of fused-ring (bicyclic) bond motifs is 1. The maximum absolute atomic E-state index is 9.66. The molecule has 0 aliphatic carbocycles. The van der Waals surface area contributed by atoms with Crippen LogP contribution in [0, 0.1) is 17.2 Å². The Kier molecular flexibility index (Phi) is 3.24. The predicted octanol–water partition coefficient (Wildman–Crippen LogP) is 3.09. The molecule has 2 aliphatic heterocycles. The number of hydrogen-bond acceptors (Lipinski definition) is 4. The second kappa shape index (κ2) is 4.84. The highest BCUT2D eigenvalue weighted by Gasteiger charge is 2.35. The number of nitrogens with zero attached hydrogens (tertiary/aromatic N) is 2. The highest BCUT2D eigenvalue weighted by molar-refractivity contribution is 5.80. The maximum atomic E-state index is 9.66. The Morgan fingerprint density at radius 3 is 2.90 bits per heavy atom. The van der Waals surface area contributed by atoms with Crippen LogP contribution in [0.2, 0.25) is 0 Å². The third-order valence-electron chi connectivity index (χ3n) is 4.44. The lowest BCUT2D eigenvalue weighted by molar-refractivity contribution is 0.138. The normalized spacial score (nSPS) is 23.3. The number of anilines is 2. The van der Waals surface area contributed by atoms with E-state index in [2.05, 4.69) is 17.9 Å². The lowest BCUT2D eigenvalue weighted by atomic mass is 9.96. The average molecular weight is 285 g/mol. The Hall–Kier alpha value is -1.89. The van der Waals surface area contributed by atoms with Gasteiger partial charge in [-0.1, -0.05) is 6.92 Å². The molecule has 1 atom stereocenters. The lowest BCUT2D eigenvalue weighted by Gasteiger charge is -2.34. The lowest BCUT2D eigenvalue weighted by Crippen LogP contribution is -2.35. The summed E-state index contributed by atoms with van der Waals surface area (Å²) in [6, 6.07) is 4.34. The SMILES string of the molecule is C[C@@H]1CCCN(c2c(N)cc3c(c2C#N)OC(C)(C)C3)C1. The summed E-state index contributed by atoms with van der Waals surface area (Å²) in [5.74, 6) is 1.38. The molecule has 0 saturated carbocycles. The summed E-state index contributed by atoms with van der Waals surface area (Å²) in [7, 11) is 0. The molecule has 0 spiro atoms. The van der Waals surface area contributed by atoms with E-state index in [1.165, 1.54) is 6.42 Å². The molecule has 1 fully saturated rings. The summed E-state index contributed by atoms with van der Waals surface area (Å²) in [5, 5.41) is 9.66. The number of piperidine rings is 1. The molecular formula is C17H23N3O. The Labute approximate surface area is 126 Å². The fourth-order valence-corrected chi connectivity index (χ4v) is 3.59. The van der Waals surface area contributed by atoms with Gasteiger partial charge in [0.25, 0.3) is 0 Å². The van der Waals surface area contributed by atoms with Crippen LogP contribution in [0.3, 0.4) is 0 Å². The monoisotopic (exact) mass is 285 g/mol. The summed E-state index contributed by atoms with van der Waals surface area (Å²) in [6.45, 7) is 8.27. The van der Waals surface area contributed by atoms with Crippen molar-refractivity contribution in [3.05, 3.63) is 17.2 Å².